The highest BCUT2D eigenvalue weighted by molar-refractivity contribution is 5.94. The first-order chi connectivity index (χ1) is 10.2. The van der Waals surface area contributed by atoms with Crippen molar-refractivity contribution < 1.29 is 19.0 Å². The summed E-state index contributed by atoms with van der Waals surface area (Å²) < 4.78 is 16.1. The van der Waals surface area contributed by atoms with Gasteiger partial charge in [0.25, 0.3) is 5.91 Å². The molecule has 116 valence electrons. The molecule has 1 amide bonds. The van der Waals surface area contributed by atoms with Crippen LogP contribution in [-0.4, -0.2) is 51.5 Å². The molecule has 0 saturated carbocycles. The average Bonchev–Trinajstić information content (AvgIpc) is 2.95. The fraction of sp³-hybridized carbons (Fsp3) is 0.533. The van der Waals surface area contributed by atoms with E-state index in [-0.39, 0.29) is 18.1 Å². The molecule has 1 saturated heterocycles. The number of nitrogens with two attached hydrogens (primary N) is 1. The van der Waals surface area contributed by atoms with Gasteiger partial charge in [-0.25, -0.2) is 0 Å². The lowest BCUT2D eigenvalue weighted by atomic mass is 10.1. The monoisotopic (exact) mass is 294 g/mol. The second-order valence-corrected chi connectivity index (χ2v) is 4.91. The fourth-order valence-corrected chi connectivity index (χ4v) is 2.13. The molecular weight excluding hydrogens is 272 g/mol. The molecule has 1 aliphatic rings. The third kappa shape index (κ3) is 4.42. The van der Waals surface area contributed by atoms with E-state index in [1.807, 2.05) is 0 Å². The molecule has 1 aromatic rings. The Morgan fingerprint density at radius 2 is 2.14 bits per heavy atom. The zero-order valence-corrected chi connectivity index (χ0v) is 12.2. The van der Waals surface area contributed by atoms with Gasteiger partial charge in [-0.3, -0.25) is 4.79 Å². The third-order valence-corrected chi connectivity index (χ3v) is 3.38. The smallest absolute Gasteiger partial charge is 0.251 e. The van der Waals surface area contributed by atoms with Crippen LogP contribution in [0.2, 0.25) is 0 Å². The summed E-state index contributed by atoms with van der Waals surface area (Å²) in [4.78, 5) is 12.2. The summed E-state index contributed by atoms with van der Waals surface area (Å²) in [6.45, 7) is 2.17. The molecule has 3 N–H and O–H groups in total. The van der Waals surface area contributed by atoms with Gasteiger partial charge in [-0.2, -0.15) is 0 Å². The minimum Gasteiger partial charge on any atom is -0.494 e. The quantitative estimate of drug-likeness (QED) is 0.718. The highest BCUT2D eigenvalue weighted by atomic mass is 16.5. The molecule has 2 rings (SSSR count). The van der Waals surface area contributed by atoms with Crippen LogP contribution in [-0.2, 0) is 9.47 Å². The number of hydrogen-bond acceptors (Lipinski definition) is 5. The van der Waals surface area contributed by atoms with Crippen LogP contribution in [0.15, 0.2) is 24.3 Å². The Morgan fingerprint density at radius 3 is 2.81 bits per heavy atom. The predicted molar refractivity (Wildman–Crippen MR) is 78.5 cm³/mol. The summed E-state index contributed by atoms with van der Waals surface area (Å²) in [6, 6.07) is 6.94. The first kappa shape index (κ1) is 15.8. The van der Waals surface area contributed by atoms with Crippen molar-refractivity contribution >= 4 is 5.91 Å². The van der Waals surface area contributed by atoms with Crippen LogP contribution in [0, 0.1) is 0 Å². The van der Waals surface area contributed by atoms with Crippen molar-refractivity contribution in [3.8, 4) is 5.75 Å². The minimum absolute atomic E-state index is 0.0900. The molecule has 1 aromatic carbocycles. The number of rotatable bonds is 7. The van der Waals surface area contributed by atoms with Gasteiger partial charge in [-0.05, 0) is 37.2 Å². The van der Waals surface area contributed by atoms with Crippen LogP contribution in [0.5, 0.6) is 5.75 Å². The maximum atomic E-state index is 12.2. The normalized spacial score (nSPS) is 21.2. The fourth-order valence-electron chi connectivity index (χ4n) is 2.13. The van der Waals surface area contributed by atoms with Crippen LogP contribution in [0.4, 0.5) is 0 Å². The van der Waals surface area contributed by atoms with Crippen molar-refractivity contribution in [2.75, 3.05) is 33.5 Å². The van der Waals surface area contributed by atoms with Gasteiger partial charge in [0.1, 0.15) is 11.9 Å². The highest BCUT2D eigenvalue weighted by Crippen LogP contribution is 2.14. The number of ether oxygens (including phenoxy) is 3. The number of amides is 1. The van der Waals surface area contributed by atoms with Gasteiger partial charge in [0.2, 0.25) is 0 Å². The first-order valence-electron chi connectivity index (χ1n) is 7.09. The van der Waals surface area contributed by atoms with Gasteiger partial charge in [-0.1, -0.05) is 0 Å². The first-order valence-corrected chi connectivity index (χ1v) is 7.09. The molecule has 6 heteroatoms. The van der Waals surface area contributed by atoms with E-state index < -0.39 is 0 Å². The van der Waals surface area contributed by atoms with Crippen molar-refractivity contribution in [1.82, 2.24) is 5.32 Å². The van der Waals surface area contributed by atoms with Crippen molar-refractivity contribution in [3.63, 3.8) is 0 Å². The Balaban J connectivity index is 1.87. The molecule has 21 heavy (non-hydrogen) atoms. The number of hydrogen-bond donors (Lipinski definition) is 2. The molecule has 1 aliphatic heterocycles. The van der Waals surface area contributed by atoms with Crippen LogP contribution < -0.4 is 15.8 Å². The number of methoxy groups -OCH3 is 1. The van der Waals surface area contributed by atoms with Gasteiger partial charge >= 0.3 is 0 Å². The molecule has 0 spiro atoms. The predicted octanol–water partition coefficient (Wildman–Crippen LogP) is 0.558. The third-order valence-electron chi connectivity index (χ3n) is 3.38. The summed E-state index contributed by atoms with van der Waals surface area (Å²) in [5, 5.41) is 2.92. The van der Waals surface area contributed by atoms with Gasteiger partial charge < -0.3 is 25.3 Å². The Morgan fingerprint density at radius 1 is 1.38 bits per heavy atom. The van der Waals surface area contributed by atoms with Crippen molar-refractivity contribution in [2.45, 2.75) is 18.6 Å². The van der Waals surface area contributed by atoms with Gasteiger partial charge in [-0.15, -0.1) is 0 Å². The molecule has 1 fully saturated rings. The summed E-state index contributed by atoms with van der Waals surface area (Å²) in [5.41, 5.74) is 5.99. The second-order valence-electron chi connectivity index (χ2n) is 4.91. The summed E-state index contributed by atoms with van der Waals surface area (Å²) in [5.74, 6) is 0.597. The minimum atomic E-state index is -0.138. The van der Waals surface area contributed by atoms with E-state index in [1.54, 1.807) is 31.4 Å². The Kier molecular flexibility index (Phi) is 5.98. The molecule has 0 bridgehead atoms. The zero-order valence-electron chi connectivity index (χ0n) is 12.2. The number of carbonyl (C=O) groups excluding carboxylic acids is 1. The number of nitrogens with one attached hydrogen (secondary N) is 1. The number of benzene rings is 1. The Hall–Kier alpha value is -1.63. The lowest BCUT2D eigenvalue weighted by Crippen LogP contribution is -2.43. The highest BCUT2D eigenvalue weighted by Gasteiger charge is 2.29. The second kappa shape index (κ2) is 7.97. The lowest BCUT2D eigenvalue weighted by Gasteiger charge is -2.17. The molecule has 0 aliphatic carbocycles. The maximum Gasteiger partial charge on any atom is 0.251 e. The van der Waals surface area contributed by atoms with Crippen LogP contribution >= 0.6 is 0 Å². The zero-order chi connectivity index (χ0) is 15.1. The van der Waals surface area contributed by atoms with E-state index in [1.165, 1.54) is 0 Å². The summed E-state index contributed by atoms with van der Waals surface area (Å²) in [6.07, 6.45) is 0.718. The van der Waals surface area contributed by atoms with E-state index >= 15 is 0 Å². The van der Waals surface area contributed by atoms with Gasteiger partial charge in [0.05, 0.1) is 25.9 Å². The molecule has 0 unspecified atom stereocenters. The molecule has 6 nitrogen and oxygen atoms in total. The number of carbonyl (C=O) groups is 1. The summed E-state index contributed by atoms with van der Waals surface area (Å²) >= 11 is 0. The van der Waals surface area contributed by atoms with E-state index in [2.05, 4.69) is 5.32 Å². The van der Waals surface area contributed by atoms with Crippen molar-refractivity contribution in [2.24, 2.45) is 5.73 Å². The van der Waals surface area contributed by atoms with E-state index in [0.29, 0.717) is 31.9 Å². The molecular formula is C15H22N2O4. The van der Waals surface area contributed by atoms with Crippen molar-refractivity contribution in [3.05, 3.63) is 29.8 Å². The topological polar surface area (TPSA) is 82.8 Å². The molecule has 2 atom stereocenters. The standard InChI is InChI=1S/C15H22N2O4/c1-19-14-10-20-9-13(14)17-15(18)11-3-5-12(6-4-11)21-8-2-7-16/h3-6,13-14H,2,7-10,16H2,1H3,(H,17,18)/t13-,14-/m0/s1. The van der Waals surface area contributed by atoms with E-state index in [4.69, 9.17) is 19.9 Å². The SMILES string of the molecule is CO[C@H]1COC[C@@H]1NC(=O)c1ccc(OCCCN)cc1. The lowest BCUT2D eigenvalue weighted by molar-refractivity contribution is 0.0685. The van der Waals surface area contributed by atoms with Crippen LogP contribution in [0.3, 0.4) is 0 Å². The average molecular weight is 294 g/mol. The molecule has 1 heterocycles. The van der Waals surface area contributed by atoms with Crippen LogP contribution in [0.25, 0.3) is 0 Å². The van der Waals surface area contributed by atoms with Crippen molar-refractivity contribution in [1.29, 1.82) is 0 Å². The molecule has 0 aromatic heterocycles. The van der Waals surface area contributed by atoms with E-state index in [0.717, 1.165) is 12.2 Å². The maximum absolute atomic E-state index is 12.2. The van der Waals surface area contributed by atoms with Crippen LogP contribution in [0.1, 0.15) is 16.8 Å². The molecule has 0 radical (unpaired) electrons. The Bertz CT molecular complexity index is 449. The van der Waals surface area contributed by atoms with Gasteiger partial charge in [0, 0.05) is 12.7 Å². The Labute approximate surface area is 124 Å². The largest absolute Gasteiger partial charge is 0.494 e. The van der Waals surface area contributed by atoms with Gasteiger partial charge in [0.15, 0.2) is 0 Å². The van der Waals surface area contributed by atoms with E-state index in [9.17, 15) is 4.79 Å². The summed E-state index contributed by atoms with van der Waals surface area (Å²) in [7, 11) is 1.62.